The minimum absolute atomic E-state index is 0.0137. The Bertz CT molecular complexity index is 1150. The second kappa shape index (κ2) is 9.44. The molecule has 2 aromatic carbocycles. The standard InChI is InChI=1S/C23H25N5O3S/c1-4-16-9-5-6-10-17(16)24-20(29)14-32-23-26-25-22(27(23)3)15(2)28-18-11-7-8-12-19(18)31-13-21(28)30/h5-12,15H,4,13-14H2,1-3H3,(H,24,29). The van der Waals surface area contributed by atoms with E-state index in [1.807, 2.05) is 67.1 Å². The molecule has 0 bridgehead atoms. The third-order valence-electron chi connectivity index (χ3n) is 5.38. The van der Waals surface area contributed by atoms with Crippen LogP contribution in [0.2, 0.25) is 0 Å². The number of hydrogen-bond acceptors (Lipinski definition) is 6. The Hall–Kier alpha value is -3.33. The summed E-state index contributed by atoms with van der Waals surface area (Å²) in [6.45, 7) is 3.95. The number of nitrogens with one attached hydrogen (secondary N) is 1. The van der Waals surface area contributed by atoms with Crippen molar-refractivity contribution >= 4 is 35.0 Å². The number of carbonyl (C=O) groups excluding carboxylic acids is 2. The van der Waals surface area contributed by atoms with Crippen LogP contribution < -0.4 is 15.0 Å². The third kappa shape index (κ3) is 4.34. The van der Waals surface area contributed by atoms with Gasteiger partial charge in [0.25, 0.3) is 5.91 Å². The topological polar surface area (TPSA) is 89.3 Å². The van der Waals surface area contributed by atoms with Crippen molar-refractivity contribution in [3.05, 3.63) is 59.9 Å². The van der Waals surface area contributed by atoms with Crippen molar-refractivity contribution < 1.29 is 14.3 Å². The number of nitrogens with zero attached hydrogens (tertiary/aromatic N) is 4. The van der Waals surface area contributed by atoms with Gasteiger partial charge in [0.05, 0.1) is 17.5 Å². The second-order valence-corrected chi connectivity index (χ2v) is 8.39. The Kier molecular flexibility index (Phi) is 6.45. The Morgan fingerprint density at radius 1 is 1.19 bits per heavy atom. The molecular weight excluding hydrogens is 426 g/mol. The molecule has 0 radical (unpaired) electrons. The lowest BCUT2D eigenvalue weighted by atomic mass is 10.1. The van der Waals surface area contributed by atoms with Crippen molar-refractivity contribution in [2.24, 2.45) is 7.05 Å². The predicted molar refractivity (Wildman–Crippen MR) is 124 cm³/mol. The number of fused-ring (bicyclic) bond motifs is 1. The van der Waals surface area contributed by atoms with Crippen molar-refractivity contribution in [3.63, 3.8) is 0 Å². The summed E-state index contributed by atoms with van der Waals surface area (Å²) in [6.07, 6.45) is 0.845. The van der Waals surface area contributed by atoms with Gasteiger partial charge in [0.15, 0.2) is 17.6 Å². The molecule has 4 rings (SSSR count). The van der Waals surface area contributed by atoms with E-state index in [2.05, 4.69) is 22.4 Å². The van der Waals surface area contributed by atoms with Crippen LogP contribution in [0.3, 0.4) is 0 Å². The van der Waals surface area contributed by atoms with Crippen LogP contribution in [0.25, 0.3) is 0 Å². The van der Waals surface area contributed by atoms with Crippen molar-refractivity contribution in [1.29, 1.82) is 0 Å². The van der Waals surface area contributed by atoms with Crippen molar-refractivity contribution in [2.75, 3.05) is 22.6 Å². The minimum Gasteiger partial charge on any atom is -0.482 e. The van der Waals surface area contributed by atoms with Gasteiger partial charge >= 0.3 is 0 Å². The van der Waals surface area contributed by atoms with Crippen LogP contribution in [-0.2, 0) is 23.1 Å². The number of thioether (sulfide) groups is 1. The molecule has 0 fully saturated rings. The predicted octanol–water partition coefficient (Wildman–Crippen LogP) is 3.59. The van der Waals surface area contributed by atoms with Gasteiger partial charge in [-0.05, 0) is 37.1 Å². The molecule has 1 N–H and O–H groups in total. The maximum Gasteiger partial charge on any atom is 0.265 e. The fourth-order valence-electron chi connectivity index (χ4n) is 3.74. The molecule has 2 amide bonds. The number of benzene rings is 2. The highest BCUT2D eigenvalue weighted by atomic mass is 32.2. The van der Waals surface area contributed by atoms with E-state index in [0.717, 1.165) is 17.7 Å². The van der Waals surface area contributed by atoms with Gasteiger partial charge in [-0.3, -0.25) is 14.5 Å². The van der Waals surface area contributed by atoms with Gasteiger partial charge in [-0.15, -0.1) is 10.2 Å². The number of rotatable bonds is 7. The molecule has 3 aromatic rings. The van der Waals surface area contributed by atoms with Gasteiger partial charge < -0.3 is 14.6 Å². The summed E-state index contributed by atoms with van der Waals surface area (Å²) in [7, 11) is 1.84. The first-order valence-electron chi connectivity index (χ1n) is 10.4. The van der Waals surface area contributed by atoms with Gasteiger partial charge in [0.2, 0.25) is 5.91 Å². The van der Waals surface area contributed by atoms with Crippen LogP contribution in [0.15, 0.2) is 53.7 Å². The molecule has 9 heteroatoms. The molecule has 0 saturated heterocycles. The normalized spacial score (nSPS) is 14.0. The lowest BCUT2D eigenvalue weighted by Gasteiger charge is -2.33. The Morgan fingerprint density at radius 2 is 1.94 bits per heavy atom. The Morgan fingerprint density at radius 3 is 2.75 bits per heavy atom. The van der Waals surface area contributed by atoms with E-state index < -0.39 is 0 Å². The Labute approximate surface area is 191 Å². The van der Waals surface area contributed by atoms with Crippen LogP contribution in [0, 0.1) is 0 Å². The molecule has 1 aromatic heterocycles. The van der Waals surface area contributed by atoms with Crippen LogP contribution >= 0.6 is 11.8 Å². The fraction of sp³-hybridized carbons (Fsp3) is 0.304. The van der Waals surface area contributed by atoms with E-state index in [4.69, 9.17) is 4.74 Å². The molecule has 1 aliphatic rings. The number of amides is 2. The number of aryl methyl sites for hydroxylation is 1. The quantitative estimate of drug-likeness (QED) is 0.552. The second-order valence-electron chi connectivity index (χ2n) is 7.44. The van der Waals surface area contributed by atoms with Crippen LogP contribution in [-0.4, -0.2) is 38.9 Å². The average Bonchev–Trinajstić information content (AvgIpc) is 3.17. The van der Waals surface area contributed by atoms with E-state index in [1.165, 1.54) is 11.8 Å². The fourth-order valence-corrected chi connectivity index (χ4v) is 4.46. The average molecular weight is 452 g/mol. The molecule has 166 valence electrons. The first-order chi connectivity index (χ1) is 15.5. The third-order valence-corrected chi connectivity index (χ3v) is 6.40. The highest BCUT2D eigenvalue weighted by Gasteiger charge is 2.32. The van der Waals surface area contributed by atoms with Crippen molar-refractivity contribution in [3.8, 4) is 5.75 Å². The van der Waals surface area contributed by atoms with Gasteiger partial charge in [-0.1, -0.05) is 49.0 Å². The molecule has 32 heavy (non-hydrogen) atoms. The lowest BCUT2D eigenvalue weighted by Crippen LogP contribution is -2.41. The maximum atomic E-state index is 12.6. The van der Waals surface area contributed by atoms with E-state index >= 15 is 0 Å². The summed E-state index contributed by atoms with van der Waals surface area (Å²) in [4.78, 5) is 26.8. The lowest BCUT2D eigenvalue weighted by molar-refractivity contribution is -0.121. The monoisotopic (exact) mass is 451 g/mol. The number of anilines is 2. The molecule has 0 aliphatic carbocycles. The molecule has 1 aliphatic heterocycles. The van der Waals surface area contributed by atoms with E-state index in [0.29, 0.717) is 22.4 Å². The summed E-state index contributed by atoms with van der Waals surface area (Å²) in [6, 6.07) is 14.9. The van der Waals surface area contributed by atoms with Gasteiger partial charge in [0, 0.05) is 12.7 Å². The van der Waals surface area contributed by atoms with Crippen LogP contribution in [0.5, 0.6) is 5.75 Å². The summed E-state index contributed by atoms with van der Waals surface area (Å²) >= 11 is 1.31. The number of hydrogen-bond donors (Lipinski definition) is 1. The van der Waals surface area contributed by atoms with Gasteiger partial charge in [-0.25, -0.2) is 0 Å². The molecular formula is C23H25N5O3S. The first kappa shape index (κ1) is 21.9. The zero-order valence-corrected chi connectivity index (χ0v) is 19.1. The SMILES string of the molecule is CCc1ccccc1NC(=O)CSc1nnc(C(C)N2C(=O)COc3ccccc32)n1C. The molecule has 0 saturated carbocycles. The Balaban J connectivity index is 1.46. The minimum atomic E-state index is -0.343. The number of carbonyl (C=O) groups is 2. The highest BCUT2D eigenvalue weighted by Crippen LogP contribution is 2.37. The summed E-state index contributed by atoms with van der Waals surface area (Å²) < 4.78 is 7.36. The molecule has 1 atom stereocenters. The van der Waals surface area contributed by atoms with Crippen LogP contribution in [0.1, 0.15) is 31.3 Å². The summed E-state index contributed by atoms with van der Waals surface area (Å²) in [5.74, 6) is 1.26. The summed E-state index contributed by atoms with van der Waals surface area (Å²) in [5, 5.41) is 12.1. The van der Waals surface area contributed by atoms with Crippen molar-refractivity contribution in [1.82, 2.24) is 14.8 Å². The zero-order valence-electron chi connectivity index (χ0n) is 18.2. The van der Waals surface area contributed by atoms with Gasteiger partial charge in [0.1, 0.15) is 5.75 Å². The van der Waals surface area contributed by atoms with Crippen molar-refractivity contribution in [2.45, 2.75) is 31.5 Å². The molecule has 2 heterocycles. The zero-order chi connectivity index (χ0) is 22.7. The molecule has 0 spiro atoms. The maximum absolute atomic E-state index is 12.6. The number of aromatic nitrogens is 3. The van der Waals surface area contributed by atoms with Gasteiger partial charge in [-0.2, -0.15) is 0 Å². The highest BCUT2D eigenvalue weighted by molar-refractivity contribution is 7.99. The molecule has 1 unspecified atom stereocenters. The van der Waals surface area contributed by atoms with Crippen LogP contribution in [0.4, 0.5) is 11.4 Å². The first-order valence-corrected chi connectivity index (χ1v) is 11.4. The smallest absolute Gasteiger partial charge is 0.265 e. The van der Waals surface area contributed by atoms with E-state index in [-0.39, 0.29) is 30.2 Å². The largest absolute Gasteiger partial charge is 0.482 e. The number of ether oxygens (including phenoxy) is 1. The van der Waals surface area contributed by atoms with E-state index in [1.54, 1.807) is 4.90 Å². The van der Waals surface area contributed by atoms with E-state index in [9.17, 15) is 9.59 Å². The molecule has 8 nitrogen and oxygen atoms in total. The summed E-state index contributed by atoms with van der Waals surface area (Å²) in [5.41, 5.74) is 2.64. The number of para-hydroxylation sites is 3.